The van der Waals surface area contributed by atoms with Crippen molar-refractivity contribution in [2.45, 2.75) is 18.7 Å². The summed E-state index contributed by atoms with van der Waals surface area (Å²) in [4.78, 5) is -0.0943. The van der Waals surface area contributed by atoms with Crippen molar-refractivity contribution >= 4 is 38.9 Å². The van der Waals surface area contributed by atoms with Gasteiger partial charge in [-0.15, -0.1) is 0 Å². The van der Waals surface area contributed by atoms with E-state index in [4.69, 9.17) is 28.9 Å². The summed E-state index contributed by atoms with van der Waals surface area (Å²) in [5, 5.41) is 0.0752. The lowest BCUT2D eigenvalue weighted by Crippen LogP contribution is -2.30. The normalized spacial score (nSPS) is 12.4. The summed E-state index contributed by atoms with van der Waals surface area (Å²) in [5.74, 6) is 0.205. The second kappa shape index (κ2) is 5.65. The van der Waals surface area contributed by atoms with Gasteiger partial charge in [0.15, 0.2) is 0 Å². The summed E-state index contributed by atoms with van der Waals surface area (Å²) in [6.45, 7) is 4.25. The van der Waals surface area contributed by atoms with Gasteiger partial charge in [0.1, 0.15) is 4.90 Å². The fourth-order valence-corrected chi connectivity index (χ4v) is 4.10. The lowest BCUT2D eigenvalue weighted by atomic mass is 10.2. The molecule has 0 unspecified atom stereocenters. The number of nitrogens with zero attached hydrogens (tertiary/aromatic N) is 1. The van der Waals surface area contributed by atoms with E-state index in [1.54, 1.807) is 0 Å². The first-order valence-electron chi connectivity index (χ1n) is 5.37. The van der Waals surface area contributed by atoms with Gasteiger partial charge >= 0.3 is 0 Å². The molecule has 0 aliphatic heterocycles. The van der Waals surface area contributed by atoms with Gasteiger partial charge in [-0.3, -0.25) is 0 Å². The van der Waals surface area contributed by atoms with Crippen LogP contribution < -0.4 is 5.73 Å². The van der Waals surface area contributed by atoms with E-state index in [2.05, 4.69) is 0 Å². The fourth-order valence-electron chi connectivity index (χ4n) is 1.59. The highest BCUT2D eigenvalue weighted by Gasteiger charge is 2.27. The van der Waals surface area contributed by atoms with Crippen LogP contribution in [0.3, 0.4) is 0 Å². The Balaban J connectivity index is 3.29. The van der Waals surface area contributed by atoms with Crippen LogP contribution in [0.1, 0.15) is 13.8 Å². The molecule has 0 bridgehead atoms. The Morgan fingerprint density at radius 2 is 1.72 bits per heavy atom. The molecule has 0 fully saturated rings. The zero-order chi connectivity index (χ0) is 14.1. The topological polar surface area (TPSA) is 63.4 Å². The Bertz CT molecular complexity index is 521. The molecule has 1 aromatic carbocycles. The van der Waals surface area contributed by atoms with E-state index in [0.717, 1.165) is 0 Å². The van der Waals surface area contributed by atoms with E-state index in [0.29, 0.717) is 12.2 Å². The maximum atomic E-state index is 12.3. The molecule has 0 saturated carbocycles. The number of nitrogen functional groups attached to an aromatic ring is 1. The maximum absolute atomic E-state index is 12.3. The Hall–Kier alpha value is -0.490. The van der Waals surface area contributed by atoms with E-state index in [9.17, 15) is 8.42 Å². The molecule has 1 rings (SSSR count). The molecular weight excluding hydrogens is 295 g/mol. The molecule has 0 spiro atoms. The highest BCUT2D eigenvalue weighted by atomic mass is 35.5. The average Bonchev–Trinajstić information content (AvgIpc) is 2.13. The van der Waals surface area contributed by atoms with Gasteiger partial charge in [-0.2, -0.15) is 0 Å². The van der Waals surface area contributed by atoms with Gasteiger partial charge in [0.2, 0.25) is 10.0 Å². The first-order chi connectivity index (χ1) is 8.16. The molecule has 0 aromatic heterocycles. The Morgan fingerprint density at radius 3 is 2.11 bits per heavy atom. The molecule has 0 atom stereocenters. The van der Waals surface area contributed by atoms with Crippen molar-refractivity contribution < 1.29 is 8.42 Å². The predicted molar refractivity (Wildman–Crippen MR) is 75.5 cm³/mol. The van der Waals surface area contributed by atoms with Crippen LogP contribution >= 0.6 is 23.2 Å². The SMILES string of the molecule is CC(C)CN(C)S(=O)(=O)c1c(Cl)cc(N)cc1Cl. The maximum Gasteiger partial charge on any atom is 0.245 e. The van der Waals surface area contributed by atoms with Crippen LogP contribution in [0.2, 0.25) is 10.0 Å². The lowest BCUT2D eigenvalue weighted by molar-refractivity contribution is 0.417. The van der Waals surface area contributed by atoms with Crippen molar-refractivity contribution in [3.8, 4) is 0 Å². The van der Waals surface area contributed by atoms with Crippen LogP contribution in [-0.2, 0) is 10.0 Å². The third-order valence-corrected chi connectivity index (χ3v) is 5.06. The molecule has 0 aliphatic rings. The quantitative estimate of drug-likeness (QED) is 0.870. The van der Waals surface area contributed by atoms with Gasteiger partial charge in [-0.1, -0.05) is 37.0 Å². The lowest BCUT2D eigenvalue weighted by Gasteiger charge is -2.20. The number of anilines is 1. The highest BCUT2D eigenvalue weighted by Crippen LogP contribution is 2.33. The van der Waals surface area contributed by atoms with E-state index in [1.165, 1.54) is 23.5 Å². The molecule has 0 radical (unpaired) electrons. The van der Waals surface area contributed by atoms with Crippen LogP contribution in [0.5, 0.6) is 0 Å². The van der Waals surface area contributed by atoms with Crippen molar-refractivity contribution in [2.24, 2.45) is 5.92 Å². The fraction of sp³-hybridized carbons (Fsp3) is 0.455. The number of hydrogen-bond acceptors (Lipinski definition) is 3. The molecule has 0 aliphatic carbocycles. The van der Waals surface area contributed by atoms with Crippen LogP contribution in [0.4, 0.5) is 5.69 Å². The van der Waals surface area contributed by atoms with Crippen LogP contribution in [-0.4, -0.2) is 26.3 Å². The minimum Gasteiger partial charge on any atom is -0.399 e. The number of hydrogen-bond donors (Lipinski definition) is 1. The van der Waals surface area contributed by atoms with E-state index >= 15 is 0 Å². The molecule has 0 amide bonds. The summed E-state index contributed by atoms with van der Waals surface area (Å²) >= 11 is 11.9. The molecule has 18 heavy (non-hydrogen) atoms. The Kier molecular flexibility index (Phi) is 4.89. The van der Waals surface area contributed by atoms with Crippen LogP contribution in [0.25, 0.3) is 0 Å². The molecular formula is C11H16Cl2N2O2S. The van der Waals surface area contributed by atoms with Gasteiger partial charge < -0.3 is 5.73 Å². The largest absolute Gasteiger partial charge is 0.399 e. The number of halogens is 2. The van der Waals surface area contributed by atoms with Gasteiger partial charge in [-0.25, -0.2) is 12.7 Å². The van der Waals surface area contributed by atoms with Crippen molar-refractivity contribution in [1.29, 1.82) is 0 Å². The molecule has 2 N–H and O–H groups in total. The van der Waals surface area contributed by atoms with Crippen LogP contribution in [0.15, 0.2) is 17.0 Å². The van der Waals surface area contributed by atoms with Gasteiger partial charge in [0.05, 0.1) is 10.0 Å². The summed E-state index contributed by atoms with van der Waals surface area (Å²) in [7, 11) is -2.20. The predicted octanol–water partition coefficient (Wildman–Crippen LogP) is 2.85. The van der Waals surface area contributed by atoms with E-state index < -0.39 is 10.0 Å². The Morgan fingerprint density at radius 1 is 1.28 bits per heavy atom. The number of benzene rings is 1. The molecule has 1 aromatic rings. The highest BCUT2D eigenvalue weighted by molar-refractivity contribution is 7.89. The Labute approximate surface area is 118 Å². The second-order valence-electron chi connectivity index (χ2n) is 4.49. The smallest absolute Gasteiger partial charge is 0.245 e. The summed E-state index contributed by atoms with van der Waals surface area (Å²) < 4.78 is 25.9. The summed E-state index contributed by atoms with van der Waals surface area (Å²) in [6.07, 6.45) is 0. The van der Waals surface area contributed by atoms with Gasteiger partial charge in [-0.05, 0) is 18.1 Å². The zero-order valence-electron chi connectivity index (χ0n) is 10.4. The van der Waals surface area contributed by atoms with Gasteiger partial charge in [0.25, 0.3) is 0 Å². The molecule has 7 heteroatoms. The minimum atomic E-state index is -3.70. The first kappa shape index (κ1) is 15.6. The minimum absolute atomic E-state index is 0.0376. The third kappa shape index (κ3) is 3.29. The summed E-state index contributed by atoms with van der Waals surface area (Å²) in [5.41, 5.74) is 5.88. The third-order valence-electron chi connectivity index (χ3n) is 2.31. The molecule has 102 valence electrons. The summed E-state index contributed by atoms with van der Waals surface area (Å²) in [6, 6.07) is 2.76. The van der Waals surface area contributed by atoms with E-state index in [1.807, 2.05) is 13.8 Å². The van der Waals surface area contributed by atoms with E-state index in [-0.39, 0.29) is 20.9 Å². The number of sulfonamides is 1. The second-order valence-corrected chi connectivity index (χ2v) is 7.29. The van der Waals surface area contributed by atoms with Crippen LogP contribution in [0, 0.1) is 5.92 Å². The first-order valence-corrected chi connectivity index (χ1v) is 7.56. The van der Waals surface area contributed by atoms with Gasteiger partial charge in [0, 0.05) is 19.3 Å². The average molecular weight is 311 g/mol. The monoisotopic (exact) mass is 310 g/mol. The van der Waals surface area contributed by atoms with Crippen molar-refractivity contribution in [3.63, 3.8) is 0 Å². The standard InChI is InChI=1S/C11H16Cl2N2O2S/c1-7(2)6-15(3)18(16,17)11-9(12)4-8(14)5-10(11)13/h4-5,7H,6,14H2,1-3H3. The number of nitrogens with two attached hydrogens (primary N) is 1. The van der Waals surface area contributed by atoms with Crippen molar-refractivity contribution in [2.75, 3.05) is 19.3 Å². The van der Waals surface area contributed by atoms with Crippen molar-refractivity contribution in [3.05, 3.63) is 22.2 Å². The molecule has 0 saturated heterocycles. The number of rotatable bonds is 4. The molecule has 0 heterocycles. The zero-order valence-corrected chi connectivity index (χ0v) is 12.8. The molecule has 4 nitrogen and oxygen atoms in total. The van der Waals surface area contributed by atoms with Crippen molar-refractivity contribution in [1.82, 2.24) is 4.31 Å².